The summed E-state index contributed by atoms with van der Waals surface area (Å²) >= 11 is 0. The maximum atomic E-state index is 5.91. The fourth-order valence-electron chi connectivity index (χ4n) is 3.56. The van der Waals surface area contributed by atoms with Crippen LogP contribution in [0.1, 0.15) is 46.0 Å². The van der Waals surface area contributed by atoms with Gasteiger partial charge in [-0.15, -0.1) is 0 Å². The minimum absolute atomic E-state index is 0.445. The molecule has 0 aromatic carbocycles. The Hall–Kier alpha value is -0.120. The fourth-order valence-corrected chi connectivity index (χ4v) is 3.56. The summed E-state index contributed by atoms with van der Waals surface area (Å²) in [5.41, 5.74) is 0. The number of nitrogens with one attached hydrogen (secondary N) is 1. The molecule has 0 amide bonds. The van der Waals surface area contributed by atoms with Gasteiger partial charge in [-0.2, -0.15) is 0 Å². The molecule has 3 rings (SSSR count). The largest absolute Gasteiger partial charge is 0.378 e. The van der Waals surface area contributed by atoms with Gasteiger partial charge in [0.25, 0.3) is 0 Å². The molecule has 98 valence electrons. The smallest absolute Gasteiger partial charge is 0.0733 e. The highest BCUT2D eigenvalue weighted by Crippen LogP contribution is 2.35. The monoisotopic (exact) mass is 239 g/mol. The van der Waals surface area contributed by atoms with Crippen molar-refractivity contribution < 1.29 is 9.47 Å². The molecule has 5 atom stereocenters. The van der Waals surface area contributed by atoms with Gasteiger partial charge in [0.2, 0.25) is 0 Å². The van der Waals surface area contributed by atoms with Crippen LogP contribution in [0.2, 0.25) is 0 Å². The molecule has 2 bridgehead atoms. The summed E-state index contributed by atoms with van der Waals surface area (Å²) in [6.07, 6.45) is 7.61. The molecule has 0 aromatic heterocycles. The van der Waals surface area contributed by atoms with Gasteiger partial charge < -0.3 is 14.8 Å². The molecule has 0 radical (unpaired) electrons. The highest BCUT2D eigenvalue weighted by atomic mass is 16.5. The lowest BCUT2D eigenvalue weighted by Crippen LogP contribution is -2.48. The van der Waals surface area contributed by atoms with Crippen molar-refractivity contribution in [2.75, 3.05) is 6.61 Å². The molecular formula is C14H25NO2. The van der Waals surface area contributed by atoms with Crippen LogP contribution in [0.15, 0.2) is 0 Å². The average molecular weight is 239 g/mol. The molecule has 3 nitrogen and oxygen atoms in total. The third-order valence-corrected chi connectivity index (χ3v) is 4.61. The predicted octanol–water partition coefficient (Wildman–Crippen LogP) is 2.10. The van der Waals surface area contributed by atoms with Crippen LogP contribution >= 0.6 is 0 Å². The van der Waals surface area contributed by atoms with Crippen LogP contribution < -0.4 is 5.32 Å². The minimum atomic E-state index is 0.445. The summed E-state index contributed by atoms with van der Waals surface area (Å²) in [5, 5.41) is 3.83. The van der Waals surface area contributed by atoms with Crippen molar-refractivity contribution in [3.63, 3.8) is 0 Å². The van der Waals surface area contributed by atoms with Crippen LogP contribution in [0.5, 0.6) is 0 Å². The van der Waals surface area contributed by atoms with Crippen molar-refractivity contribution in [1.29, 1.82) is 0 Å². The zero-order chi connectivity index (χ0) is 11.8. The maximum Gasteiger partial charge on any atom is 0.0733 e. The Morgan fingerprint density at radius 2 is 2.00 bits per heavy atom. The second kappa shape index (κ2) is 4.87. The van der Waals surface area contributed by atoms with E-state index in [2.05, 4.69) is 19.2 Å². The first-order valence-corrected chi connectivity index (χ1v) is 7.25. The van der Waals surface area contributed by atoms with Crippen LogP contribution in [0, 0.1) is 5.92 Å². The molecule has 0 saturated carbocycles. The van der Waals surface area contributed by atoms with E-state index < -0.39 is 0 Å². The Morgan fingerprint density at radius 1 is 1.12 bits per heavy atom. The van der Waals surface area contributed by atoms with E-state index in [9.17, 15) is 0 Å². The van der Waals surface area contributed by atoms with Gasteiger partial charge in [-0.05, 0) is 38.0 Å². The molecule has 3 heterocycles. The first-order valence-electron chi connectivity index (χ1n) is 7.25. The van der Waals surface area contributed by atoms with E-state index in [1.54, 1.807) is 0 Å². The summed E-state index contributed by atoms with van der Waals surface area (Å²) in [6, 6.07) is 1.26. The minimum Gasteiger partial charge on any atom is -0.378 e. The summed E-state index contributed by atoms with van der Waals surface area (Å²) in [6.45, 7) is 5.43. The van der Waals surface area contributed by atoms with E-state index in [1.807, 2.05) is 0 Å². The number of rotatable bonds is 3. The number of hydrogen-bond donors (Lipinski definition) is 1. The van der Waals surface area contributed by atoms with E-state index in [-0.39, 0.29) is 0 Å². The van der Waals surface area contributed by atoms with Gasteiger partial charge in [0.05, 0.1) is 18.3 Å². The SMILES string of the molecule is CC(C)C1CC(NC2CC3CCC2O3)CCO1. The van der Waals surface area contributed by atoms with Crippen molar-refractivity contribution in [3.8, 4) is 0 Å². The molecule has 1 N–H and O–H groups in total. The molecule has 3 fully saturated rings. The summed E-state index contributed by atoms with van der Waals surface area (Å²) in [7, 11) is 0. The van der Waals surface area contributed by atoms with Crippen LogP contribution in [-0.4, -0.2) is 37.0 Å². The van der Waals surface area contributed by atoms with Gasteiger partial charge in [0.1, 0.15) is 0 Å². The summed E-state index contributed by atoms with van der Waals surface area (Å²) in [5.74, 6) is 0.635. The molecule has 3 saturated heterocycles. The summed E-state index contributed by atoms with van der Waals surface area (Å²) in [4.78, 5) is 0. The van der Waals surface area contributed by atoms with E-state index in [0.29, 0.717) is 36.3 Å². The molecule has 3 aliphatic heterocycles. The van der Waals surface area contributed by atoms with E-state index in [1.165, 1.54) is 25.7 Å². The van der Waals surface area contributed by atoms with Crippen molar-refractivity contribution in [2.24, 2.45) is 5.92 Å². The standard InChI is InChI=1S/C14H25NO2/c1-9(2)14-7-10(5-6-16-14)15-12-8-11-3-4-13(12)17-11/h9-15H,3-8H2,1-2H3. The molecule has 3 heteroatoms. The van der Waals surface area contributed by atoms with Crippen LogP contribution in [-0.2, 0) is 9.47 Å². The first kappa shape index (κ1) is 11.9. The van der Waals surface area contributed by atoms with Crippen LogP contribution in [0.25, 0.3) is 0 Å². The van der Waals surface area contributed by atoms with E-state index >= 15 is 0 Å². The second-order valence-electron chi connectivity index (χ2n) is 6.26. The lowest BCUT2D eigenvalue weighted by atomic mass is 9.91. The van der Waals surface area contributed by atoms with Crippen molar-refractivity contribution in [2.45, 2.75) is 76.3 Å². The first-order chi connectivity index (χ1) is 8.22. The van der Waals surface area contributed by atoms with Crippen LogP contribution in [0.4, 0.5) is 0 Å². The molecule has 0 aliphatic carbocycles. The van der Waals surface area contributed by atoms with Gasteiger partial charge in [-0.1, -0.05) is 13.8 Å². The Kier molecular flexibility index (Phi) is 3.42. The lowest BCUT2D eigenvalue weighted by Gasteiger charge is -2.35. The average Bonchev–Trinajstić information content (AvgIpc) is 2.91. The molecule has 0 spiro atoms. The number of ether oxygens (including phenoxy) is 2. The van der Waals surface area contributed by atoms with Gasteiger partial charge >= 0.3 is 0 Å². The Morgan fingerprint density at radius 3 is 2.65 bits per heavy atom. The third kappa shape index (κ3) is 2.51. The van der Waals surface area contributed by atoms with Crippen molar-refractivity contribution in [3.05, 3.63) is 0 Å². The lowest BCUT2D eigenvalue weighted by molar-refractivity contribution is -0.0272. The van der Waals surface area contributed by atoms with Gasteiger partial charge in [-0.3, -0.25) is 0 Å². The summed E-state index contributed by atoms with van der Waals surface area (Å²) < 4.78 is 11.7. The molecule has 0 aromatic rings. The Bertz CT molecular complexity index is 269. The molecular weight excluding hydrogens is 214 g/mol. The second-order valence-corrected chi connectivity index (χ2v) is 6.26. The molecule has 17 heavy (non-hydrogen) atoms. The zero-order valence-corrected chi connectivity index (χ0v) is 11.0. The molecule has 3 aliphatic rings. The van der Waals surface area contributed by atoms with E-state index in [0.717, 1.165) is 13.0 Å². The Balaban J connectivity index is 1.51. The highest BCUT2D eigenvalue weighted by Gasteiger charge is 2.41. The van der Waals surface area contributed by atoms with Crippen molar-refractivity contribution in [1.82, 2.24) is 5.32 Å². The number of fused-ring (bicyclic) bond motifs is 2. The predicted molar refractivity (Wildman–Crippen MR) is 67.0 cm³/mol. The molecule has 5 unspecified atom stereocenters. The van der Waals surface area contributed by atoms with Gasteiger partial charge in [0.15, 0.2) is 0 Å². The zero-order valence-electron chi connectivity index (χ0n) is 11.0. The van der Waals surface area contributed by atoms with Crippen LogP contribution in [0.3, 0.4) is 0 Å². The Labute approximate surface area is 104 Å². The van der Waals surface area contributed by atoms with Crippen molar-refractivity contribution >= 4 is 0 Å². The normalized spacial score (nSPS) is 45.7. The topological polar surface area (TPSA) is 30.5 Å². The maximum absolute atomic E-state index is 5.91. The fraction of sp³-hybridized carbons (Fsp3) is 1.00. The van der Waals surface area contributed by atoms with Gasteiger partial charge in [-0.25, -0.2) is 0 Å². The van der Waals surface area contributed by atoms with E-state index in [4.69, 9.17) is 9.47 Å². The van der Waals surface area contributed by atoms with Gasteiger partial charge in [0, 0.05) is 18.7 Å². The highest BCUT2D eigenvalue weighted by molar-refractivity contribution is 4.96. The third-order valence-electron chi connectivity index (χ3n) is 4.61. The quantitative estimate of drug-likeness (QED) is 0.818. The number of hydrogen-bond acceptors (Lipinski definition) is 3.